The van der Waals surface area contributed by atoms with Gasteiger partial charge in [0.1, 0.15) is 11.6 Å². The first-order valence-corrected chi connectivity index (χ1v) is 13.9. The van der Waals surface area contributed by atoms with Crippen LogP contribution in [0.4, 0.5) is 0 Å². The summed E-state index contributed by atoms with van der Waals surface area (Å²) in [7, 11) is -5.92. The van der Waals surface area contributed by atoms with Gasteiger partial charge >= 0.3 is 0 Å². The summed E-state index contributed by atoms with van der Waals surface area (Å²) in [5.41, 5.74) is -1.14. The third-order valence-corrected chi connectivity index (χ3v) is 12.9. The molecule has 2 atom stereocenters. The Morgan fingerprint density at radius 1 is 1.19 bits per heavy atom. The highest BCUT2D eigenvalue weighted by Crippen LogP contribution is 2.65. The van der Waals surface area contributed by atoms with Crippen LogP contribution in [0.5, 0.6) is 0 Å². The standard InChI is InChI=1S/C20H36O5S2/c1-6-9-10-17(21)14-26(7-2,8-3)25-27(23,24)15-20-12-11-16(13-18(20)22)19(20,4)5/h16H,6-15H2,1-5H3. The van der Waals surface area contributed by atoms with Crippen LogP contribution >= 0.6 is 10.3 Å². The quantitative estimate of drug-likeness (QED) is 0.499. The van der Waals surface area contributed by atoms with E-state index in [-0.39, 0.29) is 34.4 Å². The van der Waals surface area contributed by atoms with Gasteiger partial charge in [0.05, 0.1) is 16.9 Å². The van der Waals surface area contributed by atoms with Crippen molar-refractivity contribution in [2.24, 2.45) is 16.7 Å². The zero-order chi connectivity index (χ0) is 20.5. The van der Waals surface area contributed by atoms with Crippen molar-refractivity contribution in [3.05, 3.63) is 0 Å². The molecule has 158 valence electrons. The number of ketones is 2. The Kier molecular flexibility index (Phi) is 6.91. The molecule has 0 saturated heterocycles. The molecule has 0 radical (unpaired) electrons. The van der Waals surface area contributed by atoms with Gasteiger partial charge in [0.25, 0.3) is 10.1 Å². The van der Waals surface area contributed by atoms with Gasteiger partial charge in [0.2, 0.25) is 0 Å². The predicted octanol–water partition coefficient (Wildman–Crippen LogP) is 4.25. The summed E-state index contributed by atoms with van der Waals surface area (Å²) in [6.07, 6.45) is 4.25. The number of fused-ring (bicyclic) bond motifs is 2. The molecule has 2 bridgehead atoms. The van der Waals surface area contributed by atoms with E-state index in [1.165, 1.54) is 0 Å². The fourth-order valence-corrected chi connectivity index (χ4v) is 10.7. The Morgan fingerprint density at radius 3 is 2.26 bits per heavy atom. The molecule has 2 fully saturated rings. The number of carbonyl (C=O) groups is 2. The molecule has 2 aliphatic carbocycles. The third kappa shape index (κ3) is 4.30. The van der Waals surface area contributed by atoms with Crippen molar-refractivity contribution in [1.82, 2.24) is 0 Å². The summed E-state index contributed by atoms with van der Waals surface area (Å²) in [5, 5.41) is 0. The molecule has 2 saturated carbocycles. The van der Waals surface area contributed by atoms with E-state index in [1.54, 1.807) is 0 Å². The minimum Gasteiger partial charge on any atom is -0.299 e. The predicted molar refractivity (Wildman–Crippen MR) is 112 cm³/mol. The first kappa shape index (κ1) is 22.9. The Bertz CT molecular complexity index is 678. The Balaban J connectivity index is 2.20. The van der Waals surface area contributed by atoms with E-state index >= 15 is 0 Å². The molecule has 0 aromatic rings. The first-order valence-electron chi connectivity index (χ1n) is 10.2. The van der Waals surface area contributed by atoms with Crippen LogP contribution in [0.3, 0.4) is 0 Å². The van der Waals surface area contributed by atoms with Gasteiger partial charge in [0.15, 0.2) is 0 Å². The van der Waals surface area contributed by atoms with Crippen molar-refractivity contribution < 1.29 is 21.6 Å². The number of hydrogen-bond acceptors (Lipinski definition) is 5. The van der Waals surface area contributed by atoms with Crippen LogP contribution < -0.4 is 0 Å². The monoisotopic (exact) mass is 420 g/mol. The summed E-state index contributed by atoms with van der Waals surface area (Å²) in [6, 6.07) is 0. The van der Waals surface area contributed by atoms with Gasteiger partial charge in [-0.15, -0.1) is 10.3 Å². The zero-order valence-corrected chi connectivity index (χ0v) is 19.1. The summed E-state index contributed by atoms with van der Waals surface area (Å²) in [5.74, 6) is 1.46. The Morgan fingerprint density at radius 2 is 1.81 bits per heavy atom. The van der Waals surface area contributed by atoms with E-state index in [0.29, 0.717) is 30.8 Å². The zero-order valence-electron chi connectivity index (χ0n) is 17.5. The maximum absolute atomic E-state index is 13.1. The lowest BCUT2D eigenvalue weighted by molar-refractivity contribution is -0.128. The molecule has 2 aliphatic rings. The lowest BCUT2D eigenvalue weighted by Crippen LogP contribution is -2.43. The van der Waals surface area contributed by atoms with Gasteiger partial charge < -0.3 is 0 Å². The van der Waals surface area contributed by atoms with E-state index in [9.17, 15) is 18.0 Å². The number of Topliss-reactive ketones (excluding diaryl/α,β-unsaturated/α-hetero) is 2. The topological polar surface area (TPSA) is 77.5 Å². The van der Waals surface area contributed by atoms with Gasteiger partial charge in [-0.1, -0.05) is 41.0 Å². The molecule has 0 heterocycles. The Labute approximate surface area is 166 Å². The fraction of sp³-hybridized carbons (Fsp3) is 0.900. The summed E-state index contributed by atoms with van der Waals surface area (Å²) < 4.78 is 31.9. The van der Waals surface area contributed by atoms with Crippen molar-refractivity contribution in [2.75, 3.05) is 23.0 Å². The van der Waals surface area contributed by atoms with Crippen molar-refractivity contribution in [3.8, 4) is 0 Å². The molecule has 27 heavy (non-hydrogen) atoms. The van der Waals surface area contributed by atoms with Crippen LogP contribution in [-0.2, 0) is 23.3 Å². The van der Waals surface area contributed by atoms with E-state index in [2.05, 4.69) is 0 Å². The van der Waals surface area contributed by atoms with E-state index in [4.69, 9.17) is 3.63 Å². The van der Waals surface area contributed by atoms with Crippen molar-refractivity contribution in [2.45, 2.75) is 73.1 Å². The highest BCUT2D eigenvalue weighted by Gasteiger charge is 2.65. The van der Waals surface area contributed by atoms with Crippen LogP contribution in [-0.4, -0.2) is 43.0 Å². The first-order chi connectivity index (χ1) is 12.5. The van der Waals surface area contributed by atoms with Crippen LogP contribution in [0, 0.1) is 16.7 Å². The highest BCUT2D eigenvalue weighted by atomic mass is 32.3. The van der Waals surface area contributed by atoms with Crippen molar-refractivity contribution >= 4 is 32.0 Å². The second-order valence-corrected chi connectivity index (χ2v) is 14.1. The van der Waals surface area contributed by atoms with Crippen LogP contribution in [0.15, 0.2) is 0 Å². The number of rotatable bonds is 11. The van der Waals surface area contributed by atoms with Gasteiger partial charge in [-0.25, -0.2) is 3.63 Å². The molecular formula is C20H36O5S2. The molecule has 0 N–H and O–H groups in total. The van der Waals surface area contributed by atoms with Gasteiger partial charge in [-0.05, 0) is 42.1 Å². The summed E-state index contributed by atoms with van der Waals surface area (Å²) in [4.78, 5) is 25.0. The number of hydrogen-bond donors (Lipinski definition) is 0. The molecule has 7 heteroatoms. The Hall–Kier alpha value is -0.400. The molecule has 0 aromatic heterocycles. The van der Waals surface area contributed by atoms with Gasteiger partial charge in [0, 0.05) is 12.8 Å². The summed E-state index contributed by atoms with van der Waals surface area (Å²) >= 11 is 0. The molecule has 0 amide bonds. The molecule has 0 aromatic carbocycles. The van der Waals surface area contributed by atoms with E-state index < -0.39 is 25.8 Å². The van der Waals surface area contributed by atoms with Crippen LogP contribution in [0.2, 0.25) is 0 Å². The van der Waals surface area contributed by atoms with Crippen molar-refractivity contribution in [3.63, 3.8) is 0 Å². The van der Waals surface area contributed by atoms with Gasteiger partial charge in [-0.3, -0.25) is 9.59 Å². The maximum atomic E-state index is 13.1. The minimum absolute atomic E-state index is 0.0727. The second-order valence-electron chi connectivity index (χ2n) is 8.77. The molecule has 2 unspecified atom stereocenters. The molecular weight excluding hydrogens is 384 g/mol. The molecule has 0 aliphatic heterocycles. The molecule has 5 nitrogen and oxygen atoms in total. The average molecular weight is 421 g/mol. The third-order valence-electron chi connectivity index (χ3n) is 7.10. The molecule has 0 spiro atoms. The van der Waals surface area contributed by atoms with Crippen molar-refractivity contribution in [1.29, 1.82) is 0 Å². The second kappa shape index (κ2) is 8.15. The van der Waals surface area contributed by atoms with E-state index in [1.807, 2.05) is 34.6 Å². The lowest BCUT2D eigenvalue weighted by Gasteiger charge is -2.39. The van der Waals surface area contributed by atoms with E-state index in [0.717, 1.165) is 19.3 Å². The summed E-state index contributed by atoms with van der Waals surface area (Å²) in [6.45, 7) is 9.88. The van der Waals surface area contributed by atoms with Gasteiger partial charge in [-0.2, -0.15) is 8.42 Å². The van der Waals surface area contributed by atoms with Crippen LogP contribution in [0.25, 0.3) is 0 Å². The smallest absolute Gasteiger partial charge is 0.277 e. The normalized spacial score (nSPS) is 27.9. The lowest BCUT2D eigenvalue weighted by atomic mass is 9.70. The minimum atomic E-state index is -3.90. The largest absolute Gasteiger partial charge is 0.299 e. The number of carbonyl (C=O) groups excluding carboxylic acids is 2. The SMILES string of the molecule is CCCCC(=O)CS(CC)(CC)OS(=O)(=O)CC12CCC(CC1=O)C2(C)C. The van der Waals surface area contributed by atoms with Crippen LogP contribution in [0.1, 0.15) is 73.1 Å². The molecule has 2 rings (SSSR count). The average Bonchev–Trinajstić information content (AvgIpc) is 2.92. The fourth-order valence-electron chi connectivity index (χ4n) is 4.92. The maximum Gasteiger partial charge on any atom is 0.277 e. The highest BCUT2D eigenvalue weighted by molar-refractivity contribution is 8.33. The number of unbranched alkanes of at least 4 members (excludes halogenated alkanes) is 1.